The van der Waals surface area contributed by atoms with Crippen molar-refractivity contribution in [2.24, 2.45) is 0 Å². The summed E-state index contributed by atoms with van der Waals surface area (Å²) in [5, 5.41) is 12.0. The third-order valence-electron chi connectivity index (χ3n) is 3.94. The Kier molecular flexibility index (Phi) is 10.6. The lowest BCUT2D eigenvalue weighted by Gasteiger charge is -2.11. The fraction of sp³-hybridized carbons (Fsp3) is 0.524. The van der Waals surface area contributed by atoms with Crippen LogP contribution < -0.4 is 14.8 Å². The van der Waals surface area contributed by atoms with Crippen molar-refractivity contribution in [2.75, 3.05) is 20.3 Å². The van der Waals surface area contributed by atoms with E-state index in [2.05, 4.69) is 12.2 Å². The average molecular weight is 358 g/mol. The van der Waals surface area contributed by atoms with E-state index in [-0.39, 0.29) is 11.5 Å². The first-order valence-corrected chi connectivity index (χ1v) is 9.37. The number of hydrogen-bond acceptors (Lipinski definition) is 4. The minimum absolute atomic E-state index is 0.0800. The lowest BCUT2D eigenvalue weighted by Crippen LogP contribution is -2.25. The molecule has 142 valence electrons. The highest BCUT2D eigenvalue weighted by Crippen LogP contribution is 2.29. The van der Waals surface area contributed by atoms with Gasteiger partial charge in [-0.05, 0) is 36.6 Å². The number of nitrogens with zero attached hydrogens (tertiary/aromatic N) is 1. The molecule has 0 saturated carbocycles. The molecule has 1 aromatic carbocycles. The van der Waals surface area contributed by atoms with Gasteiger partial charge in [0.15, 0.2) is 11.5 Å². The number of nitriles is 1. The molecular formula is C21H30N2O3. The molecule has 0 bridgehead atoms. The van der Waals surface area contributed by atoms with Gasteiger partial charge in [0.25, 0.3) is 5.91 Å². The zero-order valence-electron chi connectivity index (χ0n) is 16.1. The summed E-state index contributed by atoms with van der Waals surface area (Å²) < 4.78 is 11.2. The Bertz CT molecular complexity index is 633. The summed E-state index contributed by atoms with van der Waals surface area (Å²) >= 11 is 0. The second-order valence-electron chi connectivity index (χ2n) is 6.10. The van der Waals surface area contributed by atoms with Crippen LogP contribution in [0.5, 0.6) is 11.5 Å². The van der Waals surface area contributed by atoms with Crippen molar-refractivity contribution >= 4 is 12.0 Å². The van der Waals surface area contributed by atoms with Crippen LogP contribution >= 0.6 is 0 Å². The fourth-order valence-corrected chi connectivity index (χ4v) is 2.39. The van der Waals surface area contributed by atoms with Gasteiger partial charge in [0.1, 0.15) is 11.6 Å². The molecular weight excluding hydrogens is 328 g/mol. The van der Waals surface area contributed by atoms with Crippen LogP contribution in [-0.4, -0.2) is 26.2 Å². The van der Waals surface area contributed by atoms with Gasteiger partial charge in [-0.2, -0.15) is 5.26 Å². The van der Waals surface area contributed by atoms with Crippen molar-refractivity contribution in [1.82, 2.24) is 5.32 Å². The molecule has 0 radical (unpaired) electrons. The maximum atomic E-state index is 12.0. The molecule has 0 unspecified atom stereocenters. The van der Waals surface area contributed by atoms with Gasteiger partial charge in [0.05, 0.1) is 13.7 Å². The number of rotatable bonds is 12. The van der Waals surface area contributed by atoms with E-state index in [0.717, 1.165) is 31.2 Å². The molecule has 0 heterocycles. The quantitative estimate of drug-likeness (QED) is 0.340. The van der Waals surface area contributed by atoms with Gasteiger partial charge in [-0.1, -0.05) is 45.6 Å². The summed E-state index contributed by atoms with van der Waals surface area (Å²) in [5.74, 6) is 0.918. The highest BCUT2D eigenvalue weighted by atomic mass is 16.5. The molecule has 1 aromatic rings. The van der Waals surface area contributed by atoms with Crippen LogP contribution in [0.15, 0.2) is 23.8 Å². The monoisotopic (exact) mass is 358 g/mol. The van der Waals surface area contributed by atoms with Crippen LogP contribution in [0.25, 0.3) is 6.08 Å². The first-order valence-electron chi connectivity index (χ1n) is 9.37. The van der Waals surface area contributed by atoms with Crippen molar-refractivity contribution in [3.05, 3.63) is 29.3 Å². The maximum Gasteiger partial charge on any atom is 0.261 e. The van der Waals surface area contributed by atoms with Crippen LogP contribution in [0.1, 0.15) is 57.9 Å². The fourth-order valence-electron chi connectivity index (χ4n) is 2.39. The summed E-state index contributed by atoms with van der Waals surface area (Å²) in [5.41, 5.74) is 0.804. The van der Waals surface area contributed by atoms with Crippen molar-refractivity contribution in [3.8, 4) is 17.6 Å². The number of hydrogen-bond donors (Lipinski definition) is 1. The average Bonchev–Trinajstić information content (AvgIpc) is 2.66. The van der Waals surface area contributed by atoms with Crippen LogP contribution in [0, 0.1) is 11.3 Å². The third kappa shape index (κ3) is 7.60. The van der Waals surface area contributed by atoms with Gasteiger partial charge >= 0.3 is 0 Å². The summed E-state index contributed by atoms with van der Waals surface area (Å²) in [4.78, 5) is 12.0. The van der Waals surface area contributed by atoms with E-state index in [0.29, 0.717) is 24.7 Å². The Labute approximate surface area is 157 Å². The van der Waals surface area contributed by atoms with Gasteiger partial charge in [0, 0.05) is 6.54 Å². The van der Waals surface area contributed by atoms with E-state index in [9.17, 15) is 10.1 Å². The van der Waals surface area contributed by atoms with Crippen LogP contribution in [0.2, 0.25) is 0 Å². The molecule has 5 heteroatoms. The van der Waals surface area contributed by atoms with Crippen LogP contribution in [0.4, 0.5) is 0 Å². The van der Waals surface area contributed by atoms with Gasteiger partial charge in [-0.3, -0.25) is 4.79 Å². The zero-order chi connectivity index (χ0) is 19.2. The Morgan fingerprint density at radius 3 is 2.58 bits per heavy atom. The Hall–Kier alpha value is -2.48. The van der Waals surface area contributed by atoms with Crippen molar-refractivity contribution in [2.45, 2.75) is 52.4 Å². The highest BCUT2D eigenvalue weighted by Gasteiger charge is 2.10. The molecule has 0 saturated heterocycles. The second kappa shape index (κ2) is 12.8. The number of ether oxygens (including phenoxy) is 2. The largest absolute Gasteiger partial charge is 0.493 e. The number of benzene rings is 1. The number of amides is 1. The number of nitrogens with one attached hydrogen (secondary N) is 1. The third-order valence-corrected chi connectivity index (χ3v) is 3.94. The molecule has 1 N–H and O–H groups in total. The zero-order valence-corrected chi connectivity index (χ0v) is 16.1. The number of unbranched alkanes of at least 4 members (excludes halogenated alkanes) is 4. The SMILES string of the molecule is CCCCCCOc1ccc(/C=C(/C#N)C(=O)NCCCC)cc1OC. The topological polar surface area (TPSA) is 71.3 Å². The minimum atomic E-state index is -0.351. The van der Waals surface area contributed by atoms with Gasteiger partial charge in [-0.15, -0.1) is 0 Å². The maximum absolute atomic E-state index is 12.0. The molecule has 1 rings (SSSR count). The van der Waals surface area contributed by atoms with Crippen LogP contribution in [-0.2, 0) is 4.79 Å². The first-order chi connectivity index (χ1) is 12.7. The highest BCUT2D eigenvalue weighted by molar-refractivity contribution is 6.01. The smallest absolute Gasteiger partial charge is 0.261 e. The standard InChI is InChI=1S/C21H30N2O3/c1-4-6-8-9-13-26-19-11-10-17(15-20(19)25-3)14-18(16-22)21(24)23-12-7-5-2/h10-11,14-15H,4-9,12-13H2,1-3H3,(H,23,24)/b18-14-. The molecule has 0 aliphatic carbocycles. The van der Waals surface area contributed by atoms with E-state index in [1.54, 1.807) is 19.3 Å². The molecule has 1 amide bonds. The minimum Gasteiger partial charge on any atom is -0.493 e. The van der Waals surface area contributed by atoms with E-state index in [1.165, 1.54) is 12.8 Å². The summed E-state index contributed by atoms with van der Waals surface area (Å²) in [7, 11) is 1.58. The number of carbonyl (C=O) groups is 1. The Morgan fingerprint density at radius 1 is 1.15 bits per heavy atom. The van der Waals surface area contributed by atoms with Crippen LogP contribution in [0.3, 0.4) is 0 Å². The number of carbonyl (C=O) groups excluding carboxylic acids is 1. The lowest BCUT2D eigenvalue weighted by atomic mass is 10.1. The molecule has 0 aliphatic heterocycles. The Balaban J connectivity index is 2.77. The van der Waals surface area contributed by atoms with Crippen molar-refractivity contribution in [1.29, 1.82) is 5.26 Å². The first kappa shape index (κ1) is 21.6. The van der Waals surface area contributed by atoms with Crippen molar-refractivity contribution < 1.29 is 14.3 Å². The molecule has 0 atom stereocenters. The van der Waals surface area contributed by atoms with Gasteiger partial charge in [0.2, 0.25) is 0 Å². The molecule has 0 aromatic heterocycles. The van der Waals surface area contributed by atoms with E-state index in [1.807, 2.05) is 25.1 Å². The van der Waals surface area contributed by atoms with Gasteiger partial charge in [-0.25, -0.2) is 0 Å². The molecule has 5 nitrogen and oxygen atoms in total. The predicted octanol–water partition coefficient (Wildman–Crippen LogP) is 4.48. The van der Waals surface area contributed by atoms with E-state index >= 15 is 0 Å². The molecule has 0 aliphatic rings. The number of methoxy groups -OCH3 is 1. The summed E-state index contributed by atoms with van der Waals surface area (Å²) in [6, 6.07) is 7.37. The molecule has 0 fully saturated rings. The Morgan fingerprint density at radius 2 is 1.92 bits per heavy atom. The van der Waals surface area contributed by atoms with E-state index in [4.69, 9.17) is 9.47 Å². The predicted molar refractivity (Wildman–Crippen MR) is 104 cm³/mol. The van der Waals surface area contributed by atoms with E-state index < -0.39 is 0 Å². The second-order valence-corrected chi connectivity index (χ2v) is 6.10. The van der Waals surface area contributed by atoms with Gasteiger partial charge < -0.3 is 14.8 Å². The lowest BCUT2D eigenvalue weighted by molar-refractivity contribution is -0.117. The summed E-state index contributed by atoms with van der Waals surface area (Å²) in [6.45, 7) is 5.44. The van der Waals surface area contributed by atoms with Crippen molar-refractivity contribution in [3.63, 3.8) is 0 Å². The summed E-state index contributed by atoms with van der Waals surface area (Å²) in [6.07, 6.45) is 8.01. The normalized spacial score (nSPS) is 10.9. The molecule has 26 heavy (non-hydrogen) atoms. The molecule has 0 spiro atoms.